The minimum atomic E-state index is -3.41. The second-order valence-electron chi connectivity index (χ2n) is 5.13. The average molecular weight is 298 g/mol. The maximum absolute atomic E-state index is 12.4. The molecule has 5 nitrogen and oxygen atoms in total. The summed E-state index contributed by atoms with van der Waals surface area (Å²) in [6.45, 7) is 3.02. The van der Waals surface area contributed by atoms with Crippen LogP contribution in [0.25, 0.3) is 0 Å². The lowest BCUT2D eigenvalue weighted by atomic mass is 10.1. The SMILES string of the molecule is CCCCN(C)S(=O)(=O)c1ccc2c(c1)CC(CN)O2. The molecular formula is C14H22N2O3S. The molecule has 112 valence electrons. The summed E-state index contributed by atoms with van der Waals surface area (Å²) >= 11 is 0. The largest absolute Gasteiger partial charge is 0.488 e. The van der Waals surface area contributed by atoms with Crippen LogP contribution in [0.5, 0.6) is 5.75 Å². The summed E-state index contributed by atoms with van der Waals surface area (Å²) in [5.74, 6) is 0.746. The molecule has 20 heavy (non-hydrogen) atoms. The number of unbranched alkanes of at least 4 members (excludes halogenated alkanes) is 1. The van der Waals surface area contributed by atoms with Gasteiger partial charge in [-0.1, -0.05) is 13.3 Å². The predicted octanol–water partition coefficient (Wildman–Crippen LogP) is 1.37. The van der Waals surface area contributed by atoms with Gasteiger partial charge < -0.3 is 10.5 Å². The molecule has 1 aromatic rings. The molecule has 1 aromatic carbocycles. The number of rotatable bonds is 6. The van der Waals surface area contributed by atoms with Gasteiger partial charge in [0.1, 0.15) is 11.9 Å². The van der Waals surface area contributed by atoms with Crippen LogP contribution in [-0.2, 0) is 16.4 Å². The van der Waals surface area contributed by atoms with Crippen molar-refractivity contribution in [1.82, 2.24) is 4.31 Å². The highest BCUT2D eigenvalue weighted by Gasteiger charge is 2.26. The maximum atomic E-state index is 12.4. The highest BCUT2D eigenvalue weighted by atomic mass is 32.2. The summed E-state index contributed by atoms with van der Waals surface area (Å²) in [5.41, 5.74) is 6.51. The highest BCUT2D eigenvalue weighted by Crippen LogP contribution is 2.31. The van der Waals surface area contributed by atoms with Gasteiger partial charge in [0.05, 0.1) is 4.90 Å². The molecule has 1 heterocycles. The molecule has 1 aliphatic rings. The van der Waals surface area contributed by atoms with Crippen molar-refractivity contribution in [3.05, 3.63) is 23.8 Å². The van der Waals surface area contributed by atoms with Crippen molar-refractivity contribution in [2.45, 2.75) is 37.2 Å². The number of nitrogens with zero attached hydrogens (tertiary/aromatic N) is 1. The summed E-state index contributed by atoms with van der Waals surface area (Å²) in [6.07, 6.45) is 2.46. The van der Waals surface area contributed by atoms with Crippen molar-refractivity contribution in [3.63, 3.8) is 0 Å². The van der Waals surface area contributed by atoms with E-state index in [1.54, 1.807) is 25.2 Å². The Labute approximate surface area is 120 Å². The lowest BCUT2D eigenvalue weighted by Crippen LogP contribution is -2.28. The van der Waals surface area contributed by atoms with Crippen LogP contribution < -0.4 is 10.5 Å². The molecule has 2 rings (SSSR count). The molecule has 1 aliphatic heterocycles. The Hall–Kier alpha value is -1.11. The molecule has 0 bridgehead atoms. The molecule has 0 radical (unpaired) electrons. The van der Waals surface area contributed by atoms with Crippen molar-refractivity contribution in [1.29, 1.82) is 0 Å². The van der Waals surface area contributed by atoms with Gasteiger partial charge in [-0.3, -0.25) is 0 Å². The van der Waals surface area contributed by atoms with Crippen LogP contribution in [0, 0.1) is 0 Å². The van der Waals surface area contributed by atoms with E-state index >= 15 is 0 Å². The first-order chi connectivity index (χ1) is 9.48. The van der Waals surface area contributed by atoms with E-state index in [2.05, 4.69) is 0 Å². The molecule has 0 spiro atoms. The van der Waals surface area contributed by atoms with E-state index in [0.29, 0.717) is 24.4 Å². The first kappa shape index (κ1) is 15.3. The zero-order valence-corrected chi connectivity index (χ0v) is 12.8. The summed E-state index contributed by atoms with van der Waals surface area (Å²) in [6, 6.07) is 5.05. The summed E-state index contributed by atoms with van der Waals surface area (Å²) in [7, 11) is -1.79. The second kappa shape index (κ2) is 6.11. The Bertz CT molecular complexity index is 572. The monoisotopic (exact) mass is 298 g/mol. The molecule has 1 atom stereocenters. The normalized spacial score (nSPS) is 18.1. The van der Waals surface area contributed by atoms with Gasteiger partial charge in [-0.05, 0) is 30.2 Å². The molecule has 6 heteroatoms. The second-order valence-corrected chi connectivity index (χ2v) is 7.17. The van der Waals surface area contributed by atoms with Gasteiger partial charge in [0.25, 0.3) is 0 Å². The number of nitrogens with two attached hydrogens (primary N) is 1. The number of hydrogen-bond acceptors (Lipinski definition) is 4. The van der Waals surface area contributed by atoms with E-state index in [-0.39, 0.29) is 6.10 Å². The molecule has 2 N–H and O–H groups in total. The minimum Gasteiger partial charge on any atom is -0.488 e. The highest BCUT2D eigenvalue weighted by molar-refractivity contribution is 7.89. The quantitative estimate of drug-likeness (QED) is 0.861. The van der Waals surface area contributed by atoms with Gasteiger partial charge in [-0.25, -0.2) is 12.7 Å². The van der Waals surface area contributed by atoms with E-state index in [9.17, 15) is 8.42 Å². The Morgan fingerprint density at radius 3 is 2.85 bits per heavy atom. The number of sulfonamides is 1. The first-order valence-corrected chi connectivity index (χ1v) is 8.39. The summed E-state index contributed by atoms with van der Waals surface area (Å²) in [5, 5.41) is 0. The Balaban J connectivity index is 2.22. The smallest absolute Gasteiger partial charge is 0.242 e. The van der Waals surface area contributed by atoms with Gasteiger partial charge in [-0.15, -0.1) is 0 Å². The van der Waals surface area contributed by atoms with Crippen LogP contribution in [-0.4, -0.2) is 39.0 Å². The van der Waals surface area contributed by atoms with Gasteiger partial charge in [-0.2, -0.15) is 0 Å². The van der Waals surface area contributed by atoms with Gasteiger partial charge >= 0.3 is 0 Å². The van der Waals surface area contributed by atoms with Crippen molar-refractivity contribution in [2.75, 3.05) is 20.1 Å². The van der Waals surface area contributed by atoms with Crippen LogP contribution in [0.15, 0.2) is 23.1 Å². The van der Waals surface area contributed by atoms with Crippen LogP contribution >= 0.6 is 0 Å². The Morgan fingerprint density at radius 2 is 2.20 bits per heavy atom. The lowest BCUT2D eigenvalue weighted by Gasteiger charge is -2.17. The number of benzene rings is 1. The van der Waals surface area contributed by atoms with Crippen molar-refractivity contribution >= 4 is 10.0 Å². The lowest BCUT2D eigenvalue weighted by molar-refractivity contribution is 0.241. The third kappa shape index (κ3) is 2.97. The van der Waals surface area contributed by atoms with E-state index in [1.807, 2.05) is 6.92 Å². The minimum absolute atomic E-state index is 0.0409. The number of fused-ring (bicyclic) bond motifs is 1. The van der Waals surface area contributed by atoms with Crippen LogP contribution in [0.1, 0.15) is 25.3 Å². The number of ether oxygens (including phenoxy) is 1. The first-order valence-electron chi connectivity index (χ1n) is 6.95. The predicted molar refractivity (Wildman–Crippen MR) is 78.3 cm³/mol. The van der Waals surface area contributed by atoms with E-state index in [1.165, 1.54) is 4.31 Å². The molecule has 0 saturated carbocycles. The topological polar surface area (TPSA) is 72.6 Å². The Kier molecular flexibility index (Phi) is 4.67. The third-order valence-corrected chi connectivity index (χ3v) is 5.42. The zero-order valence-electron chi connectivity index (χ0n) is 12.0. The fourth-order valence-electron chi connectivity index (χ4n) is 2.27. The van der Waals surface area contributed by atoms with Crippen molar-refractivity contribution in [2.24, 2.45) is 5.73 Å². The third-order valence-electron chi connectivity index (χ3n) is 3.57. The maximum Gasteiger partial charge on any atom is 0.242 e. The van der Waals surface area contributed by atoms with E-state index in [0.717, 1.165) is 24.2 Å². The van der Waals surface area contributed by atoms with Crippen molar-refractivity contribution < 1.29 is 13.2 Å². The molecule has 0 aromatic heterocycles. The molecule has 0 saturated heterocycles. The zero-order chi connectivity index (χ0) is 14.8. The standard InChI is InChI=1S/C14H22N2O3S/c1-3-4-7-16(2)20(17,18)13-5-6-14-11(9-13)8-12(10-15)19-14/h5-6,9,12H,3-4,7-8,10,15H2,1-2H3. The summed E-state index contributed by atoms with van der Waals surface area (Å²) in [4.78, 5) is 0.330. The average Bonchev–Trinajstić information content (AvgIpc) is 2.86. The molecule has 0 amide bonds. The van der Waals surface area contributed by atoms with Crippen LogP contribution in [0.2, 0.25) is 0 Å². The van der Waals surface area contributed by atoms with Gasteiger partial charge in [0, 0.05) is 26.6 Å². The van der Waals surface area contributed by atoms with E-state index in [4.69, 9.17) is 10.5 Å². The van der Waals surface area contributed by atoms with E-state index < -0.39 is 10.0 Å². The molecule has 0 aliphatic carbocycles. The van der Waals surface area contributed by atoms with Crippen LogP contribution in [0.4, 0.5) is 0 Å². The van der Waals surface area contributed by atoms with Crippen LogP contribution in [0.3, 0.4) is 0 Å². The summed E-state index contributed by atoms with van der Waals surface area (Å²) < 4.78 is 31.9. The molecule has 1 unspecified atom stereocenters. The Morgan fingerprint density at radius 1 is 1.45 bits per heavy atom. The fraction of sp³-hybridized carbons (Fsp3) is 0.571. The van der Waals surface area contributed by atoms with Crippen molar-refractivity contribution in [3.8, 4) is 5.75 Å². The van der Waals surface area contributed by atoms with Gasteiger partial charge in [0.2, 0.25) is 10.0 Å². The molecular weight excluding hydrogens is 276 g/mol. The van der Waals surface area contributed by atoms with Gasteiger partial charge in [0.15, 0.2) is 0 Å². The number of hydrogen-bond donors (Lipinski definition) is 1. The molecule has 0 fully saturated rings. The fourth-order valence-corrected chi connectivity index (χ4v) is 3.53.